The van der Waals surface area contributed by atoms with Crippen molar-refractivity contribution in [1.29, 1.82) is 0 Å². The predicted molar refractivity (Wildman–Crippen MR) is 88.1 cm³/mol. The zero-order valence-corrected chi connectivity index (χ0v) is 15.4. The largest absolute Gasteiger partial charge is 0.335 e. The quantitative estimate of drug-likeness (QED) is 0.514. The van der Waals surface area contributed by atoms with Crippen molar-refractivity contribution in [3.8, 4) is 0 Å². The van der Waals surface area contributed by atoms with Crippen molar-refractivity contribution >= 4 is 15.7 Å². The molecular weight excluding hydrogens is 287 g/mol. The monoisotopic (exact) mass is 314 g/mol. The van der Waals surface area contributed by atoms with Crippen LogP contribution in [0, 0.1) is 6.92 Å². The highest BCUT2D eigenvalue weighted by atomic mass is 31.2. The molecule has 1 aromatic rings. The van der Waals surface area contributed by atoms with Crippen LogP contribution in [0.1, 0.15) is 30.3 Å². The molecule has 0 saturated carbocycles. The Morgan fingerprint density at radius 2 is 1.70 bits per heavy atom. The SMILES string of the molecule is CCOP(=O)(OCC)C(c1cccc(C)c1)[Si](C)(C)C. The van der Waals surface area contributed by atoms with Crippen molar-refractivity contribution in [3.63, 3.8) is 0 Å². The van der Waals surface area contributed by atoms with Crippen LogP contribution in [0.4, 0.5) is 0 Å². The first kappa shape index (κ1) is 17.6. The molecule has 0 spiro atoms. The molecule has 0 aromatic heterocycles. The summed E-state index contributed by atoms with van der Waals surface area (Å²) in [6.45, 7) is 13.2. The van der Waals surface area contributed by atoms with Gasteiger partial charge in [0.25, 0.3) is 0 Å². The van der Waals surface area contributed by atoms with Gasteiger partial charge in [-0.05, 0) is 26.3 Å². The highest BCUT2D eigenvalue weighted by molar-refractivity contribution is 7.57. The fourth-order valence-electron chi connectivity index (χ4n) is 2.54. The summed E-state index contributed by atoms with van der Waals surface area (Å²) in [6, 6.07) is 8.21. The maximum absolute atomic E-state index is 13.3. The molecule has 0 heterocycles. The average Bonchev–Trinajstić information content (AvgIpc) is 2.27. The van der Waals surface area contributed by atoms with E-state index < -0.39 is 15.7 Å². The maximum Gasteiger partial charge on any atom is 0.335 e. The van der Waals surface area contributed by atoms with Crippen LogP contribution in [0.5, 0.6) is 0 Å². The van der Waals surface area contributed by atoms with E-state index in [1.165, 1.54) is 5.56 Å². The molecule has 0 N–H and O–H groups in total. The topological polar surface area (TPSA) is 35.5 Å². The second kappa shape index (κ2) is 7.03. The van der Waals surface area contributed by atoms with Crippen molar-refractivity contribution in [2.45, 2.75) is 45.7 Å². The lowest BCUT2D eigenvalue weighted by Crippen LogP contribution is -2.32. The average molecular weight is 314 g/mol. The van der Waals surface area contributed by atoms with Gasteiger partial charge in [-0.3, -0.25) is 4.57 Å². The van der Waals surface area contributed by atoms with Gasteiger partial charge in [-0.1, -0.05) is 49.5 Å². The molecule has 20 heavy (non-hydrogen) atoms. The standard InChI is InChI=1S/C15H27O3PSi/c1-7-17-19(16,18-8-2)15(20(4,5)6)14-11-9-10-13(3)12-14/h9-12,15H,7-8H2,1-6H3. The number of benzene rings is 1. The summed E-state index contributed by atoms with van der Waals surface area (Å²) in [4.78, 5) is 0. The minimum Gasteiger partial charge on any atom is -0.309 e. The van der Waals surface area contributed by atoms with Gasteiger partial charge in [-0.2, -0.15) is 0 Å². The predicted octanol–water partition coefficient (Wildman–Crippen LogP) is 5.18. The molecule has 0 radical (unpaired) electrons. The van der Waals surface area contributed by atoms with E-state index in [4.69, 9.17) is 9.05 Å². The van der Waals surface area contributed by atoms with Crippen LogP contribution in [-0.4, -0.2) is 21.3 Å². The van der Waals surface area contributed by atoms with E-state index in [2.05, 4.69) is 38.7 Å². The number of aryl methyl sites for hydroxylation is 1. The maximum atomic E-state index is 13.3. The first-order chi connectivity index (χ1) is 9.24. The second-order valence-corrected chi connectivity index (χ2v) is 14.0. The summed E-state index contributed by atoms with van der Waals surface area (Å²) in [5.41, 5.74) is 2.25. The van der Waals surface area contributed by atoms with E-state index >= 15 is 0 Å². The lowest BCUT2D eigenvalue weighted by atomic mass is 10.2. The fourth-order valence-corrected chi connectivity index (χ4v) is 9.58. The molecule has 3 nitrogen and oxygen atoms in total. The summed E-state index contributed by atoms with van der Waals surface area (Å²) < 4.78 is 24.5. The van der Waals surface area contributed by atoms with Crippen molar-refractivity contribution in [2.75, 3.05) is 13.2 Å². The summed E-state index contributed by atoms with van der Waals surface area (Å²) in [5.74, 6) is 0. The van der Waals surface area contributed by atoms with Crippen LogP contribution in [0.3, 0.4) is 0 Å². The van der Waals surface area contributed by atoms with Crippen LogP contribution < -0.4 is 0 Å². The van der Waals surface area contributed by atoms with Crippen LogP contribution in [0.25, 0.3) is 0 Å². The Kier molecular flexibility index (Phi) is 6.20. The minimum atomic E-state index is -3.13. The zero-order valence-electron chi connectivity index (χ0n) is 13.5. The molecule has 0 amide bonds. The molecule has 1 unspecified atom stereocenters. The summed E-state index contributed by atoms with van der Waals surface area (Å²) in [7, 11) is -4.90. The third-order valence-corrected chi connectivity index (χ3v) is 10.5. The summed E-state index contributed by atoms with van der Waals surface area (Å²) in [5, 5.41) is -0.130. The summed E-state index contributed by atoms with van der Waals surface area (Å²) in [6.07, 6.45) is 0. The number of hydrogen-bond donors (Lipinski definition) is 0. The molecule has 114 valence electrons. The zero-order chi connectivity index (χ0) is 15.4. The number of hydrogen-bond acceptors (Lipinski definition) is 3. The van der Waals surface area contributed by atoms with Crippen LogP contribution >= 0.6 is 7.60 Å². The first-order valence-electron chi connectivity index (χ1n) is 7.20. The number of rotatable bonds is 7. The Balaban J connectivity index is 3.35. The Morgan fingerprint density at radius 1 is 1.15 bits per heavy atom. The van der Waals surface area contributed by atoms with Crippen molar-refractivity contribution in [1.82, 2.24) is 0 Å². The molecule has 1 rings (SSSR count). The van der Waals surface area contributed by atoms with Gasteiger partial charge in [0.15, 0.2) is 0 Å². The molecular formula is C15H27O3PSi. The van der Waals surface area contributed by atoms with Crippen LogP contribution in [-0.2, 0) is 13.6 Å². The van der Waals surface area contributed by atoms with Crippen molar-refractivity contribution < 1.29 is 13.6 Å². The molecule has 0 saturated heterocycles. The molecule has 0 aliphatic heterocycles. The highest BCUT2D eigenvalue weighted by Crippen LogP contribution is 2.64. The first-order valence-corrected chi connectivity index (χ1v) is 12.4. The second-order valence-electron chi connectivity index (χ2n) is 6.06. The van der Waals surface area contributed by atoms with Gasteiger partial charge in [0, 0.05) is 0 Å². The highest BCUT2D eigenvalue weighted by Gasteiger charge is 2.45. The van der Waals surface area contributed by atoms with E-state index in [9.17, 15) is 4.57 Å². The Bertz CT molecular complexity index is 472. The fraction of sp³-hybridized carbons (Fsp3) is 0.600. The Morgan fingerprint density at radius 3 is 2.10 bits per heavy atom. The van der Waals surface area contributed by atoms with Gasteiger partial charge >= 0.3 is 7.60 Å². The van der Waals surface area contributed by atoms with Gasteiger partial charge in [-0.15, -0.1) is 0 Å². The normalized spacial score (nSPS) is 14.3. The van der Waals surface area contributed by atoms with E-state index in [0.29, 0.717) is 13.2 Å². The minimum absolute atomic E-state index is 0.130. The summed E-state index contributed by atoms with van der Waals surface area (Å²) >= 11 is 0. The third-order valence-electron chi connectivity index (χ3n) is 3.11. The van der Waals surface area contributed by atoms with Crippen LogP contribution in [0.15, 0.2) is 24.3 Å². The van der Waals surface area contributed by atoms with Crippen molar-refractivity contribution in [3.05, 3.63) is 35.4 Å². The lowest BCUT2D eigenvalue weighted by Gasteiger charge is -2.34. The molecule has 0 fully saturated rings. The van der Waals surface area contributed by atoms with Crippen LogP contribution in [0.2, 0.25) is 19.6 Å². The van der Waals surface area contributed by atoms with Gasteiger partial charge in [0.05, 0.1) is 26.6 Å². The smallest absolute Gasteiger partial charge is 0.309 e. The Hall–Kier alpha value is -0.413. The van der Waals surface area contributed by atoms with Gasteiger partial charge in [0.2, 0.25) is 0 Å². The van der Waals surface area contributed by atoms with Gasteiger partial charge in [-0.25, -0.2) is 0 Å². The molecule has 1 atom stereocenters. The van der Waals surface area contributed by atoms with E-state index in [-0.39, 0.29) is 5.28 Å². The molecule has 0 aliphatic carbocycles. The molecule has 0 bridgehead atoms. The van der Waals surface area contributed by atoms with Gasteiger partial charge < -0.3 is 9.05 Å². The molecule has 5 heteroatoms. The lowest BCUT2D eigenvalue weighted by molar-refractivity contribution is 0.217. The van der Waals surface area contributed by atoms with Gasteiger partial charge in [0.1, 0.15) is 0 Å². The molecule has 0 aliphatic rings. The Labute approximate surface area is 124 Å². The van der Waals surface area contributed by atoms with E-state index in [0.717, 1.165) is 5.56 Å². The molecule has 1 aromatic carbocycles. The van der Waals surface area contributed by atoms with E-state index in [1.807, 2.05) is 26.0 Å². The van der Waals surface area contributed by atoms with Crippen molar-refractivity contribution in [2.24, 2.45) is 0 Å². The third kappa shape index (κ3) is 4.29. The van der Waals surface area contributed by atoms with E-state index in [1.54, 1.807) is 0 Å².